The molecule has 0 spiro atoms. The van der Waals surface area contributed by atoms with Crippen molar-refractivity contribution in [3.05, 3.63) is 35.4 Å². The van der Waals surface area contributed by atoms with E-state index in [2.05, 4.69) is 13.8 Å². The minimum atomic E-state index is -0.577. The first-order valence-electron chi connectivity index (χ1n) is 7.16. The van der Waals surface area contributed by atoms with Gasteiger partial charge >= 0.3 is 0 Å². The Balaban J connectivity index is 2.22. The third-order valence-corrected chi connectivity index (χ3v) is 4.54. The second-order valence-electron chi connectivity index (χ2n) is 6.25. The molecule has 2 N–H and O–H groups in total. The van der Waals surface area contributed by atoms with Crippen molar-refractivity contribution in [3.63, 3.8) is 0 Å². The van der Waals surface area contributed by atoms with Gasteiger partial charge in [-0.05, 0) is 48.8 Å². The van der Waals surface area contributed by atoms with E-state index in [1.807, 2.05) is 0 Å². The summed E-state index contributed by atoms with van der Waals surface area (Å²) in [6, 6.07) is 3.68. The van der Waals surface area contributed by atoms with Gasteiger partial charge in [0.2, 0.25) is 0 Å². The van der Waals surface area contributed by atoms with Crippen LogP contribution in [0.2, 0.25) is 0 Å². The van der Waals surface area contributed by atoms with E-state index in [1.54, 1.807) is 0 Å². The minimum absolute atomic E-state index is 0.538. The van der Waals surface area contributed by atoms with E-state index in [4.69, 9.17) is 5.73 Å². The largest absolute Gasteiger partial charge is 0.321 e. The van der Waals surface area contributed by atoms with Gasteiger partial charge in [0.15, 0.2) is 0 Å². The van der Waals surface area contributed by atoms with E-state index in [1.165, 1.54) is 12.1 Å². The van der Waals surface area contributed by atoms with E-state index in [0.717, 1.165) is 38.2 Å². The number of hydrogen-bond donors (Lipinski definition) is 1. The minimum Gasteiger partial charge on any atom is -0.321 e. The summed E-state index contributed by atoms with van der Waals surface area (Å²) in [4.78, 5) is 0. The summed E-state index contributed by atoms with van der Waals surface area (Å²) in [5.41, 5.74) is 6.48. The van der Waals surface area contributed by atoms with Crippen molar-refractivity contribution in [3.8, 4) is 0 Å². The van der Waals surface area contributed by atoms with Gasteiger partial charge in [-0.15, -0.1) is 0 Å². The molecule has 2 rings (SSSR count). The van der Waals surface area contributed by atoms with E-state index in [-0.39, 0.29) is 0 Å². The average Bonchev–Trinajstić information content (AvgIpc) is 2.51. The van der Waals surface area contributed by atoms with Crippen molar-refractivity contribution in [1.29, 1.82) is 0 Å². The van der Waals surface area contributed by atoms with E-state index < -0.39 is 17.2 Å². The fourth-order valence-electron chi connectivity index (χ4n) is 3.19. The van der Waals surface area contributed by atoms with Gasteiger partial charge in [0.1, 0.15) is 11.6 Å². The first-order valence-corrected chi connectivity index (χ1v) is 7.16. The SMILES string of the molecule is CC(C)C1CCCC(N)(c2cc(F)cc(F)c2)CC1. The summed E-state index contributed by atoms with van der Waals surface area (Å²) in [5, 5.41) is 0. The maximum absolute atomic E-state index is 13.4. The van der Waals surface area contributed by atoms with Crippen molar-refractivity contribution < 1.29 is 8.78 Å². The van der Waals surface area contributed by atoms with Gasteiger partial charge in [-0.25, -0.2) is 8.78 Å². The van der Waals surface area contributed by atoms with E-state index >= 15 is 0 Å². The molecule has 2 atom stereocenters. The van der Waals surface area contributed by atoms with Crippen molar-refractivity contribution in [2.45, 2.75) is 51.5 Å². The molecule has 106 valence electrons. The van der Waals surface area contributed by atoms with Crippen molar-refractivity contribution >= 4 is 0 Å². The number of benzene rings is 1. The standard InChI is InChI=1S/C16H23F2N/c1-11(2)12-4-3-6-16(19,7-5-12)13-8-14(17)10-15(18)9-13/h8-12H,3-7,19H2,1-2H3. The Morgan fingerprint density at radius 1 is 1.11 bits per heavy atom. The normalized spacial score (nSPS) is 28.4. The Labute approximate surface area is 114 Å². The Hall–Kier alpha value is -0.960. The smallest absolute Gasteiger partial charge is 0.126 e. The third kappa shape index (κ3) is 3.33. The molecule has 1 fully saturated rings. The molecule has 1 aliphatic rings. The maximum Gasteiger partial charge on any atom is 0.126 e. The second-order valence-corrected chi connectivity index (χ2v) is 6.25. The lowest BCUT2D eigenvalue weighted by Gasteiger charge is -2.29. The molecular weight excluding hydrogens is 244 g/mol. The monoisotopic (exact) mass is 267 g/mol. The average molecular weight is 267 g/mol. The lowest BCUT2D eigenvalue weighted by molar-refractivity contribution is 0.324. The van der Waals surface area contributed by atoms with Crippen LogP contribution in [0.1, 0.15) is 51.5 Å². The Kier molecular flexibility index (Phi) is 4.24. The number of hydrogen-bond acceptors (Lipinski definition) is 1. The van der Waals surface area contributed by atoms with Crippen LogP contribution in [0.5, 0.6) is 0 Å². The summed E-state index contributed by atoms with van der Waals surface area (Å²) in [5.74, 6) is 0.240. The lowest BCUT2D eigenvalue weighted by atomic mass is 9.82. The molecule has 0 radical (unpaired) electrons. The molecule has 0 heterocycles. The molecule has 1 aliphatic carbocycles. The number of rotatable bonds is 2. The van der Waals surface area contributed by atoms with Gasteiger partial charge in [-0.1, -0.05) is 26.7 Å². The molecular formula is C16H23F2N. The number of nitrogens with two attached hydrogens (primary N) is 1. The molecule has 1 aromatic rings. The van der Waals surface area contributed by atoms with Crippen LogP contribution < -0.4 is 5.73 Å². The van der Waals surface area contributed by atoms with Crippen molar-refractivity contribution in [1.82, 2.24) is 0 Å². The quantitative estimate of drug-likeness (QED) is 0.792. The molecule has 19 heavy (non-hydrogen) atoms. The van der Waals surface area contributed by atoms with Crippen LogP contribution in [-0.4, -0.2) is 0 Å². The zero-order valence-electron chi connectivity index (χ0n) is 11.8. The van der Waals surface area contributed by atoms with Gasteiger partial charge < -0.3 is 5.73 Å². The fourth-order valence-corrected chi connectivity index (χ4v) is 3.19. The zero-order chi connectivity index (χ0) is 14.0. The topological polar surface area (TPSA) is 26.0 Å². The highest BCUT2D eigenvalue weighted by Crippen LogP contribution is 2.38. The summed E-state index contributed by atoms with van der Waals surface area (Å²) in [6.45, 7) is 4.46. The van der Waals surface area contributed by atoms with Gasteiger partial charge in [0.25, 0.3) is 0 Å². The highest BCUT2D eigenvalue weighted by molar-refractivity contribution is 5.26. The van der Waals surface area contributed by atoms with Crippen LogP contribution >= 0.6 is 0 Å². The molecule has 0 saturated heterocycles. The van der Waals surface area contributed by atoms with E-state index in [9.17, 15) is 8.78 Å². The summed E-state index contributed by atoms with van der Waals surface area (Å²) >= 11 is 0. The third-order valence-electron chi connectivity index (χ3n) is 4.54. The molecule has 1 aromatic carbocycles. The molecule has 0 aliphatic heterocycles. The lowest BCUT2D eigenvalue weighted by Crippen LogP contribution is -2.36. The molecule has 0 amide bonds. The van der Waals surface area contributed by atoms with Crippen LogP contribution in [0.3, 0.4) is 0 Å². The first kappa shape index (κ1) is 14.4. The molecule has 3 heteroatoms. The first-order chi connectivity index (χ1) is 8.90. The summed E-state index contributed by atoms with van der Waals surface area (Å²) in [7, 11) is 0. The molecule has 0 aromatic heterocycles. The summed E-state index contributed by atoms with van der Waals surface area (Å²) in [6.07, 6.45) is 4.83. The van der Waals surface area contributed by atoms with Crippen LogP contribution in [0.15, 0.2) is 18.2 Å². The van der Waals surface area contributed by atoms with Gasteiger partial charge in [0.05, 0.1) is 0 Å². The van der Waals surface area contributed by atoms with Crippen LogP contribution in [0, 0.1) is 23.5 Å². The maximum atomic E-state index is 13.4. The zero-order valence-corrected chi connectivity index (χ0v) is 11.8. The Morgan fingerprint density at radius 3 is 2.32 bits per heavy atom. The van der Waals surface area contributed by atoms with Crippen molar-refractivity contribution in [2.75, 3.05) is 0 Å². The molecule has 1 saturated carbocycles. The molecule has 1 nitrogen and oxygen atoms in total. The number of halogens is 2. The van der Waals surface area contributed by atoms with Crippen LogP contribution in [0.25, 0.3) is 0 Å². The van der Waals surface area contributed by atoms with Gasteiger partial charge in [-0.3, -0.25) is 0 Å². The summed E-state index contributed by atoms with van der Waals surface area (Å²) < 4.78 is 26.7. The van der Waals surface area contributed by atoms with Gasteiger partial charge in [-0.2, -0.15) is 0 Å². The van der Waals surface area contributed by atoms with Crippen LogP contribution in [-0.2, 0) is 5.54 Å². The highest BCUT2D eigenvalue weighted by Gasteiger charge is 2.32. The van der Waals surface area contributed by atoms with Crippen LogP contribution in [0.4, 0.5) is 8.78 Å². The van der Waals surface area contributed by atoms with Gasteiger partial charge in [0, 0.05) is 11.6 Å². The highest BCUT2D eigenvalue weighted by atomic mass is 19.1. The predicted molar refractivity (Wildman–Crippen MR) is 73.6 cm³/mol. The second kappa shape index (κ2) is 5.58. The molecule has 0 bridgehead atoms. The fraction of sp³-hybridized carbons (Fsp3) is 0.625. The molecule has 2 unspecified atom stereocenters. The van der Waals surface area contributed by atoms with E-state index in [0.29, 0.717) is 17.4 Å². The Morgan fingerprint density at radius 2 is 1.74 bits per heavy atom. The predicted octanol–water partition coefficient (Wildman–Crippen LogP) is 4.36. The Bertz CT molecular complexity index is 424. The van der Waals surface area contributed by atoms with Crippen molar-refractivity contribution in [2.24, 2.45) is 17.6 Å².